The molecule has 3 amide bonds. The first-order valence-electron chi connectivity index (χ1n) is 11.5. The molecule has 1 aromatic carbocycles. The number of hydrogen-bond acceptors (Lipinski definition) is 7. The van der Waals surface area contributed by atoms with Gasteiger partial charge in [-0.2, -0.15) is 0 Å². The third-order valence-electron chi connectivity index (χ3n) is 6.78. The Labute approximate surface area is 201 Å². The van der Waals surface area contributed by atoms with Gasteiger partial charge in [0.1, 0.15) is 12.4 Å². The molecule has 0 aromatic heterocycles. The Morgan fingerprint density at radius 1 is 1.21 bits per heavy atom. The van der Waals surface area contributed by atoms with Gasteiger partial charge in [0.15, 0.2) is 20.7 Å². The summed E-state index contributed by atoms with van der Waals surface area (Å²) in [5, 5.41) is 4.08. The Kier molecular flexibility index (Phi) is 7.52. The molecule has 0 N–H and O–H groups in total. The fourth-order valence-corrected chi connectivity index (χ4v) is 5.13. The Morgan fingerprint density at radius 2 is 1.85 bits per heavy atom. The number of cyclic esters (lactones) is 1. The number of nitrogens with zero attached hydrogens (tertiary/aromatic N) is 2. The van der Waals surface area contributed by atoms with Crippen LogP contribution >= 0.6 is 0 Å². The monoisotopic (exact) mass is 489 g/mol. The highest BCUT2D eigenvalue weighted by molar-refractivity contribution is 6.74. The van der Waals surface area contributed by atoms with Crippen molar-refractivity contribution in [1.82, 2.24) is 10.2 Å². The summed E-state index contributed by atoms with van der Waals surface area (Å²) in [5.41, 5.74) is 0.466. The molecule has 0 spiro atoms. The molecule has 185 valence electrons. The van der Waals surface area contributed by atoms with E-state index >= 15 is 0 Å². The number of imide groups is 1. The molecule has 3 atom stereocenters. The molecule has 2 saturated heterocycles. The second-order valence-corrected chi connectivity index (χ2v) is 15.0. The zero-order valence-corrected chi connectivity index (χ0v) is 21.6. The molecule has 2 aliphatic heterocycles. The van der Waals surface area contributed by atoms with Crippen molar-refractivity contribution in [2.75, 3.05) is 19.8 Å². The minimum absolute atomic E-state index is 0.0166. The van der Waals surface area contributed by atoms with Gasteiger partial charge in [-0.05, 0) is 49.3 Å². The van der Waals surface area contributed by atoms with Crippen molar-refractivity contribution in [3.63, 3.8) is 0 Å². The summed E-state index contributed by atoms with van der Waals surface area (Å²) in [7, 11) is -2.06. The number of β-lactam (4-membered cyclic amide) rings is 1. The van der Waals surface area contributed by atoms with Crippen LogP contribution < -0.4 is 10.1 Å². The van der Waals surface area contributed by atoms with E-state index in [0.717, 1.165) is 4.90 Å². The topological polar surface area (TPSA) is 113 Å². The van der Waals surface area contributed by atoms with Gasteiger partial charge in [-0.15, -0.1) is 0 Å². The zero-order chi connectivity index (χ0) is 25.3. The van der Waals surface area contributed by atoms with E-state index in [-0.39, 0.29) is 49.0 Å². The number of hydrogen-bond donors (Lipinski definition) is 0. The van der Waals surface area contributed by atoms with Crippen molar-refractivity contribution in [3.05, 3.63) is 29.8 Å². The van der Waals surface area contributed by atoms with E-state index in [1.807, 2.05) is 6.92 Å². The van der Waals surface area contributed by atoms with E-state index in [1.165, 1.54) is 0 Å². The maximum atomic E-state index is 12.8. The fraction of sp³-hybridized carbons (Fsp3) is 0.583. The van der Waals surface area contributed by atoms with Gasteiger partial charge in [0.25, 0.3) is 5.91 Å². The summed E-state index contributed by atoms with van der Waals surface area (Å²) in [6, 6.07) is 6.00. The van der Waals surface area contributed by atoms with Gasteiger partial charge in [-0.1, -0.05) is 20.8 Å². The van der Waals surface area contributed by atoms with Crippen molar-refractivity contribution in [1.29, 1.82) is 0 Å². The quantitative estimate of drug-likeness (QED) is 0.297. The van der Waals surface area contributed by atoms with Crippen LogP contribution in [0.4, 0.5) is 4.79 Å². The smallest absolute Gasteiger partial charge is 0.416 e. The first-order chi connectivity index (χ1) is 15.8. The highest BCUT2D eigenvalue weighted by Crippen LogP contribution is 2.39. The molecule has 0 bridgehead atoms. The van der Waals surface area contributed by atoms with Gasteiger partial charge in [-0.25, -0.2) is 15.0 Å². The molecule has 34 heavy (non-hydrogen) atoms. The molecule has 1 aromatic rings. The molecular formula is C24H33N2O7Si. The predicted octanol–water partition coefficient (Wildman–Crippen LogP) is 3.16. The lowest BCUT2D eigenvalue weighted by Gasteiger charge is -2.44. The van der Waals surface area contributed by atoms with Crippen LogP contribution in [0.15, 0.2) is 24.3 Å². The molecule has 3 rings (SSSR count). The first kappa shape index (κ1) is 25.9. The van der Waals surface area contributed by atoms with E-state index in [2.05, 4.69) is 39.2 Å². The van der Waals surface area contributed by atoms with Gasteiger partial charge in [0.05, 0.1) is 24.6 Å². The van der Waals surface area contributed by atoms with Crippen LogP contribution in [0, 0.1) is 5.92 Å². The number of benzene rings is 1. The second-order valence-electron chi connectivity index (χ2n) is 10.2. The number of ether oxygens (including phenoxy) is 2. The molecule has 2 heterocycles. The minimum atomic E-state index is -2.06. The van der Waals surface area contributed by atoms with Gasteiger partial charge in [0.2, 0.25) is 5.91 Å². The number of ketones is 1. The molecule has 9 nitrogen and oxygen atoms in total. The van der Waals surface area contributed by atoms with Crippen LogP contribution in [0.3, 0.4) is 0 Å². The molecule has 0 saturated carbocycles. The predicted molar refractivity (Wildman–Crippen MR) is 126 cm³/mol. The fourth-order valence-electron chi connectivity index (χ4n) is 3.70. The van der Waals surface area contributed by atoms with E-state index in [4.69, 9.17) is 13.9 Å². The molecule has 10 heteroatoms. The Bertz CT molecular complexity index is 955. The third kappa shape index (κ3) is 5.67. The molecule has 0 aliphatic carbocycles. The van der Waals surface area contributed by atoms with Crippen molar-refractivity contribution in [3.8, 4) is 5.75 Å². The molecule has 2 fully saturated rings. The summed E-state index contributed by atoms with van der Waals surface area (Å²) in [6.07, 6.45) is -0.848. The van der Waals surface area contributed by atoms with Gasteiger partial charge >= 0.3 is 6.09 Å². The van der Waals surface area contributed by atoms with Crippen molar-refractivity contribution >= 4 is 32.0 Å². The molecule has 0 unspecified atom stereocenters. The van der Waals surface area contributed by atoms with Crippen molar-refractivity contribution < 1.29 is 33.1 Å². The van der Waals surface area contributed by atoms with Crippen LogP contribution in [-0.2, 0) is 18.8 Å². The van der Waals surface area contributed by atoms with Crippen LogP contribution in [-0.4, -0.2) is 68.8 Å². The van der Waals surface area contributed by atoms with E-state index in [9.17, 15) is 19.2 Å². The minimum Gasteiger partial charge on any atom is -0.484 e. The van der Waals surface area contributed by atoms with Gasteiger partial charge in [0, 0.05) is 12.0 Å². The normalized spacial score (nSPS) is 21.4. The lowest BCUT2D eigenvalue weighted by atomic mass is 9.82. The summed E-state index contributed by atoms with van der Waals surface area (Å²) in [6.45, 7) is 12.7. The Hall–Kier alpha value is -2.72. The maximum Gasteiger partial charge on any atom is 0.416 e. The van der Waals surface area contributed by atoms with Crippen LogP contribution in [0.25, 0.3) is 0 Å². The number of Topliss-reactive ketones (excluding diaryl/α,β-unsaturated/α-hetero) is 1. The Balaban J connectivity index is 1.53. The van der Waals surface area contributed by atoms with Crippen LogP contribution in [0.1, 0.15) is 44.5 Å². The third-order valence-corrected chi connectivity index (χ3v) is 11.4. The summed E-state index contributed by atoms with van der Waals surface area (Å²) >= 11 is 0. The lowest BCUT2D eigenvalue weighted by Crippen LogP contribution is -2.60. The number of carbonyl (C=O) groups excluding carboxylic acids is 4. The maximum absolute atomic E-state index is 12.8. The average Bonchev–Trinajstić information content (AvgIpc) is 3.16. The SMILES string of the molecule is C[C@@H](O[Si](C)(C)C(C)(C)C)[C@H]1C(=O)[N][C@@H]1CC(=O)c1ccc(OCC(=O)N2CCOC2=O)cc1. The summed E-state index contributed by atoms with van der Waals surface area (Å²) in [5.74, 6) is -0.842. The van der Waals surface area contributed by atoms with Crippen LogP contribution in [0.5, 0.6) is 5.75 Å². The summed E-state index contributed by atoms with van der Waals surface area (Å²) < 4.78 is 16.5. The highest BCUT2D eigenvalue weighted by Gasteiger charge is 2.49. The van der Waals surface area contributed by atoms with Crippen molar-refractivity contribution in [2.24, 2.45) is 5.92 Å². The number of carbonyl (C=O) groups is 4. The summed E-state index contributed by atoms with van der Waals surface area (Å²) in [4.78, 5) is 49.4. The first-order valence-corrected chi connectivity index (χ1v) is 14.4. The van der Waals surface area contributed by atoms with Crippen LogP contribution in [0.2, 0.25) is 18.1 Å². The average molecular weight is 490 g/mol. The molecule has 1 radical (unpaired) electrons. The van der Waals surface area contributed by atoms with E-state index < -0.39 is 32.3 Å². The zero-order valence-electron chi connectivity index (χ0n) is 20.6. The second kappa shape index (κ2) is 9.87. The highest BCUT2D eigenvalue weighted by atomic mass is 28.4. The molecule has 2 aliphatic rings. The Morgan fingerprint density at radius 3 is 2.38 bits per heavy atom. The van der Waals surface area contributed by atoms with Gasteiger partial charge < -0.3 is 13.9 Å². The van der Waals surface area contributed by atoms with E-state index in [0.29, 0.717) is 11.3 Å². The number of amides is 3. The standard InChI is InChI=1S/C24H33N2O7Si/c1-15(33-34(5,6)24(2,3)4)21-18(25-22(21)29)13-19(27)16-7-9-17(10-8-16)32-14-20(28)26-11-12-31-23(26)30/h7-10,15,18,21H,11-14H2,1-6H3/t15-,18-,21-/m1/s1. The number of rotatable bonds is 9. The van der Waals surface area contributed by atoms with Gasteiger partial charge in [-0.3, -0.25) is 14.4 Å². The lowest BCUT2D eigenvalue weighted by molar-refractivity contribution is -0.140. The van der Waals surface area contributed by atoms with Crippen molar-refractivity contribution in [2.45, 2.75) is 64.4 Å². The largest absolute Gasteiger partial charge is 0.484 e. The molecular weight excluding hydrogens is 456 g/mol. The van der Waals surface area contributed by atoms with E-state index in [1.54, 1.807) is 24.3 Å².